The molecule has 3 rings (SSSR count). The molecular formula is C13H13ClFN3S. The highest BCUT2D eigenvalue weighted by Gasteiger charge is 2.26. The third kappa shape index (κ3) is 2.59. The Morgan fingerprint density at radius 1 is 1.47 bits per heavy atom. The first-order valence-corrected chi connectivity index (χ1v) is 7.36. The first-order valence-electron chi connectivity index (χ1n) is 6.10. The molecule has 2 aromatic rings. The molecule has 1 aliphatic rings. The van der Waals surface area contributed by atoms with Gasteiger partial charge in [0.15, 0.2) is 5.13 Å². The molecule has 1 saturated heterocycles. The average molecular weight is 298 g/mol. The molecule has 1 aliphatic heterocycles. The molecule has 0 saturated carbocycles. The Morgan fingerprint density at radius 3 is 3.00 bits per heavy atom. The summed E-state index contributed by atoms with van der Waals surface area (Å²) >= 11 is 7.46. The van der Waals surface area contributed by atoms with Crippen LogP contribution in [-0.2, 0) is 0 Å². The maximum absolute atomic E-state index is 13.3. The minimum absolute atomic E-state index is 0.144. The van der Waals surface area contributed by atoms with E-state index in [4.69, 9.17) is 11.6 Å². The van der Waals surface area contributed by atoms with Crippen LogP contribution in [0.15, 0.2) is 29.8 Å². The largest absolute Gasteiger partial charge is 0.315 e. The summed E-state index contributed by atoms with van der Waals surface area (Å²) in [5, 5.41) is 6.34. The van der Waals surface area contributed by atoms with Crippen molar-refractivity contribution in [2.75, 3.05) is 18.0 Å². The summed E-state index contributed by atoms with van der Waals surface area (Å²) in [7, 11) is 0. The van der Waals surface area contributed by atoms with Gasteiger partial charge in [0.05, 0.1) is 11.1 Å². The van der Waals surface area contributed by atoms with E-state index < -0.39 is 5.82 Å². The number of thiazole rings is 1. The lowest BCUT2D eigenvalue weighted by Gasteiger charge is -2.28. The number of nitrogens with one attached hydrogen (secondary N) is 1. The minimum atomic E-state index is -0.394. The fourth-order valence-corrected chi connectivity index (χ4v) is 3.21. The topological polar surface area (TPSA) is 28.2 Å². The van der Waals surface area contributed by atoms with E-state index in [-0.39, 0.29) is 5.02 Å². The molecule has 100 valence electrons. The van der Waals surface area contributed by atoms with E-state index in [9.17, 15) is 4.39 Å². The van der Waals surface area contributed by atoms with E-state index >= 15 is 0 Å². The Morgan fingerprint density at radius 2 is 2.37 bits per heavy atom. The number of halogens is 2. The summed E-state index contributed by atoms with van der Waals surface area (Å²) in [5.41, 5.74) is 0.884. The van der Waals surface area contributed by atoms with Crippen molar-refractivity contribution < 1.29 is 4.39 Å². The van der Waals surface area contributed by atoms with Gasteiger partial charge in [-0.3, -0.25) is 0 Å². The summed E-state index contributed by atoms with van der Waals surface area (Å²) in [4.78, 5) is 6.50. The zero-order valence-corrected chi connectivity index (χ0v) is 11.7. The first-order chi connectivity index (χ1) is 9.25. The van der Waals surface area contributed by atoms with Crippen molar-refractivity contribution in [2.24, 2.45) is 0 Å². The zero-order chi connectivity index (χ0) is 13.2. The molecule has 1 N–H and O–H groups in total. The molecule has 0 radical (unpaired) electrons. The highest BCUT2D eigenvalue weighted by molar-refractivity contribution is 7.13. The van der Waals surface area contributed by atoms with Crippen LogP contribution in [-0.4, -0.2) is 24.1 Å². The summed E-state index contributed by atoms with van der Waals surface area (Å²) in [5.74, 6) is -0.394. The van der Waals surface area contributed by atoms with Crippen molar-refractivity contribution in [3.8, 4) is 0 Å². The Kier molecular flexibility index (Phi) is 3.68. The van der Waals surface area contributed by atoms with Crippen LogP contribution in [0, 0.1) is 5.82 Å². The molecule has 3 nitrogen and oxygen atoms in total. The van der Waals surface area contributed by atoms with Crippen LogP contribution in [0.1, 0.15) is 6.42 Å². The number of rotatable bonds is 3. The van der Waals surface area contributed by atoms with Crippen LogP contribution in [0.5, 0.6) is 0 Å². The van der Waals surface area contributed by atoms with Crippen molar-refractivity contribution in [2.45, 2.75) is 12.5 Å². The van der Waals surface area contributed by atoms with Crippen LogP contribution >= 0.6 is 22.9 Å². The van der Waals surface area contributed by atoms with Gasteiger partial charge >= 0.3 is 0 Å². The molecule has 2 heterocycles. The second kappa shape index (κ2) is 5.45. The zero-order valence-electron chi connectivity index (χ0n) is 10.1. The number of nitrogens with zero attached hydrogens (tertiary/aromatic N) is 2. The molecule has 1 atom stereocenters. The lowest BCUT2D eigenvalue weighted by molar-refractivity contribution is 0.627. The van der Waals surface area contributed by atoms with Gasteiger partial charge in [-0.2, -0.15) is 0 Å². The van der Waals surface area contributed by atoms with Gasteiger partial charge in [0.25, 0.3) is 0 Å². The Balaban J connectivity index is 2.00. The van der Waals surface area contributed by atoms with E-state index in [1.54, 1.807) is 29.7 Å². The van der Waals surface area contributed by atoms with Crippen molar-refractivity contribution in [1.82, 2.24) is 10.3 Å². The minimum Gasteiger partial charge on any atom is -0.315 e. The normalized spacial score (nSPS) is 18.7. The molecular weight excluding hydrogens is 285 g/mol. The highest BCUT2D eigenvalue weighted by Crippen LogP contribution is 2.33. The first kappa shape index (κ1) is 12.8. The van der Waals surface area contributed by atoms with E-state index in [0.29, 0.717) is 6.04 Å². The monoisotopic (exact) mass is 297 g/mol. The third-order valence-electron chi connectivity index (χ3n) is 3.21. The van der Waals surface area contributed by atoms with E-state index in [1.165, 1.54) is 6.07 Å². The SMILES string of the molecule is Fc1ccc(N(c2nccs2)[C@H]2CCNC2)cc1Cl. The molecule has 1 aromatic heterocycles. The number of hydrogen-bond acceptors (Lipinski definition) is 4. The van der Waals surface area contributed by atoms with Gasteiger partial charge in [-0.15, -0.1) is 11.3 Å². The van der Waals surface area contributed by atoms with Gasteiger partial charge in [-0.05, 0) is 31.2 Å². The molecule has 0 amide bonds. The molecule has 0 aliphatic carbocycles. The number of anilines is 2. The molecule has 0 unspecified atom stereocenters. The van der Waals surface area contributed by atoms with Crippen molar-refractivity contribution in [3.05, 3.63) is 40.6 Å². The Labute approximate surface area is 120 Å². The molecule has 19 heavy (non-hydrogen) atoms. The van der Waals surface area contributed by atoms with Crippen molar-refractivity contribution >= 4 is 33.8 Å². The van der Waals surface area contributed by atoms with Crippen LogP contribution in [0.2, 0.25) is 5.02 Å². The highest BCUT2D eigenvalue weighted by atomic mass is 35.5. The molecule has 0 bridgehead atoms. The van der Waals surface area contributed by atoms with Crippen LogP contribution in [0.3, 0.4) is 0 Å². The van der Waals surface area contributed by atoms with E-state index in [1.807, 2.05) is 5.38 Å². The predicted octanol–water partition coefficient (Wildman–Crippen LogP) is 3.44. The van der Waals surface area contributed by atoms with Gasteiger partial charge in [-0.1, -0.05) is 11.6 Å². The summed E-state index contributed by atoms with van der Waals surface area (Å²) in [6, 6.07) is 5.14. The molecule has 0 spiro atoms. The number of aromatic nitrogens is 1. The van der Waals surface area contributed by atoms with Crippen molar-refractivity contribution in [3.63, 3.8) is 0 Å². The predicted molar refractivity (Wildman–Crippen MR) is 76.9 cm³/mol. The number of hydrogen-bond donors (Lipinski definition) is 1. The summed E-state index contributed by atoms with van der Waals surface area (Å²) < 4.78 is 13.3. The quantitative estimate of drug-likeness (QED) is 0.941. The standard InChI is InChI=1S/C13H13ClFN3S/c14-11-7-9(1-2-12(11)15)18(10-3-4-16-8-10)13-17-5-6-19-13/h1-2,5-7,10,16H,3-4,8H2/t10-/m0/s1. The molecule has 1 aromatic carbocycles. The maximum Gasteiger partial charge on any atom is 0.190 e. The van der Waals surface area contributed by atoms with E-state index in [2.05, 4.69) is 15.2 Å². The fourth-order valence-electron chi connectivity index (χ4n) is 2.31. The Bertz CT molecular complexity index is 555. The second-order valence-corrected chi connectivity index (χ2v) is 5.71. The van der Waals surface area contributed by atoms with E-state index in [0.717, 1.165) is 30.3 Å². The second-order valence-electron chi connectivity index (χ2n) is 4.43. The van der Waals surface area contributed by atoms with Crippen LogP contribution < -0.4 is 10.2 Å². The molecule has 1 fully saturated rings. The van der Waals surface area contributed by atoms with Crippen molar-refractivity contribution in [1.29, 1.82) is 0 Å². The van der Waals surface area contributed by atoms with Gasteiger partial charge in [0, 0.05) is 23.8 Å². The molecule has 6 heteroatoms. The van der Waals surface area contributed by atoms with Crippen LogP contribution in [0.4, 0.5) is 15.2 Å². The fraction of sp³-hybridized carbons (Fsp3) is 0.308. The Hall–Kier alpha value is -1.17. The van der Waals surface area contributed by atoms with Gasteiger partial charge in [0.1, 0.15) is 5.82 Å². The number of benzene rings is 1. The van der Waals surface area contributed by atoms with Gasteiger partial charge in [0.2, 0.25) is 0 Å². The van der Waals surface area contributed by atoms with Crippen LogP contribution in [0.25, 0.3) is 0 Å². The summed E-state index contributed by atoms with van der Waals surface area (Å²) in [6.45, 7) is 1.88. The average Bonchev–Trinajstić information content (AvgIpc) is 3.07. The lowest BCUT2D eigenvalue weighted by Crippen LogP contribution is -2.32. The maximum atomic E-state index is 13.3. The van der Waals surface area contributed by atoms with Gasteiger partial charge < -0.3 is 10.2 Å². The third-order valence-corrected chi connectivity index (χ3v) is 4.27. The summed E-state index contributed by atoms with van der Waals surface area (Å²) in [6.07, 6.45) is 2.81. The smallest absolute Gasteiger partial charge is 0.190 e. The lowest BCUT2D eigenvalue weighted by atomic mass is 10.2. The van der Waals surface area contributed by atoms with Gasteiger partial charge in [-0.25, -0.2) is 9.37 Å².